The molecule has 1 saturated carbocycles. The second kappa shape index (κ2) is 5.87. The number of hydrogen-bond donors (Lipinski definition) is 0. The summed E-state index contributed by atoms with van der Waals surface area (Å²) in [5.41, 5.74) is 1.01. The van der Waals surface area contributed by atoms with Crippen molar-refractivity contribution >= 4 is 5.78 Å². The molecule has 0 bridgehead atoms. The van der Waals surface area contributed by atoms with Gasteiger partial charge in [-0.05, 0) is 18.4 Å². The highest BCUT2D eigenvalue weighted by molar-refractivity contribution is 5.94. The van der Waals surface area contributed by atoms with Gasteiger partial charge in [-0.25, -0.2) is 14.1 Å². The minimum absolute atomic E-state index is 0.00869. The van der Waals surface area contributed by atoms with Gasteiger partial charge in [0.1, 0.15) is 0 Å². The monoisotopic (exact) mass is 313 g/mol. The Labute approximate surface area is 134 Å². The standard InChI is InChI=1S/C18H20FN3O/c19-14-11-15(12-7-3-1-4-8-12)22-18(14)20-17(21-22)16(23)13-9-5-2-6-10-13/h1,3-4,7-8,13-15H,2,5-6,9-11H2/t14-,15-/m0/s1. The highest BCUT2D eigenvalue weighted by Gasteiger charge is 2.37. The number of hydrogen-bond acceptors (Lipinski definition) is 3. The van der Waals surface area contributed by atoms with Crippen LogP contribution in [0, 0.1) is 5.92 Å². The second-order valence-electron chi connectivity index (χ2n) is 6.57. The summed E-state index contributed by atoms with van der Waals surface area (Å²) in [6, 6.07) is 9.58. The predicted octanol–water partition coefficient (Wildman–Crippen LogP) is 4.04. The van der Waals surface area contributed by atoms with E-state index in [4.69, 9.17) is 0 Å². The van der Waals surface area contributed by atoms with Crippen LogP contribution in [-0.2, 0) is 0 Å². The summed E-state index contributed by atoms with van der Waals surface area (Å²) in [6.45, 7) is 0. The third-order valence-electron chi connectivity index (χ3n) is 5.04. The molecule has 23 heavy (non-hydrogen) atoms. The molecule has 2 atom stereocenters. The van der Waals surface area contributed by atoms with Crippen LogP contribution in [-0.4, -0.2) is 20.5 Å². The second-order valence-corrected chi connectivity index (χ2v) is 6.57. The van der Waals surface area contributed by atoms with Crippen LogP contribution in [0.1, 0.15) is 72.7 Å². The number of carbonyl (C=O) groups is 1. The fourth-order valence-electron chi connectivity index (χ4n) is 3.78. The highest BCUT2D eigenvalue weighted by atomic mass is 19.1. The number of ketones is 1. The number of carbonyl (C=O) groups excluding carboxylic acids is 1. The van der Waals surface area contributed by atoms with Gasteiger partial charge in [0.05, 0.1) is 6.04 Å². The van der Waals surface area contributed by atoms with Crippen LogP contribution in [0.3, 0.4) is 0 Å². The van der Waals surface area contributed by atoms with E-state index in [1.54, 1.807) is 4.68 Å². The number of rotatable bonds is 3. The summed E-state index contributed by atoms with van der Waals surface area (Å²) in [6.07, 6.45) is 4.37. The number of Topliss-reactive ketones (excluding diaryl/α,β-unsaturated/α-hetero) is 1. The summed E-state index contributed by atoms with van der Waals surface area (Å²) in [7, 11) is 0. The van der Waals surface area contributed by atoms with Crippen molar-refractivity contribution in [2.45, 2.75) is 50.7 Å². The lowest BCUT2D eigenvalue weighted by Crippen LogP contribution is -2.20. The van der Waals surface area contributed by atoms with Crippen LogP contribution < -0.4 is 0 Å². The number of fused-ring (bicyclic) bond motifs is 1. The summed E-state index contributed by atoms with van der Waals surface area (Å²) in [4.78, 5) is 16.8. The van der Waals surface area contributed by atoms with Crippen molar-refractivity contribution in [3.8, 4) is 0 Å². The molecule has 2 aromatic rings. The van der Waals surface area contributed by atoms with Crippen molar-refractivity contribution in [2.75, 3.05) is 0 Å². The zero-order valence-corrected chi connectivity index (χ0v) is 13.0. The van der Waals surface area contributed by atoms with Crippen molar-refractivity contribution in [3.05, 3.63) is 47.5 Å². The van der Waals surface area contributed by atoms with Gasteiger partial charge in [0.25, 0.3) is 0 Å². The SMILES string of the molecule is O=C(c1nc2n(n1)[C@H](c1ccccc1)C[C@@H]2F)C1CCCCC1. The lowest BCUT2D eigenvalue weighted by atomic mass is 9.86. The topological polar surface area (TPSA) is 47.8 Å². The van der Waals surface area contributed by atoms with Gasteiger partial charge < -0.3 is 0 Å². The van der Waals surface area contributed by atoms with Gasteiger partial charge in [-0.1, -0.05) is 49.6 Å². The molecule has 1 aliphatic heterocycles. The van der Waals surface area contributed by atoms with Crippen LogP contribution in [0.2, 0.25) is 0 Å². The first-order valence-corrected chi connectivity index (χ1v) is 8.43. The van der Waals surface area contributed by atoms with Crippen molar-refractivity contribution in [1.29, 1.82) is 0 Å². The maximum Gasteiger partial charge on any atom is 0.217 e. The molecule has 1 aromatic heterocycles. The van der Waals surface area contributed by atoms with Crippen LogP contribution in [0.5, 0.6) is 0 Å². The Morgan fingerprint density at radius 2 is 1.87 bits per heavy atom. The number of nitrogens with zero attached hydrogens (tertiary/aromatic N) is 3. The van der Waals surface area contributed by atoms with E-state index in [0.29, 0.717) is 12.2 Å². The van der Waals surface area contributed by atoms with Crippen molar-refractivity contribution in [3.63, 3.8) is 0 Å². The average Bonchev–Trinajstić information content (AvgIpc) is 3.17. The molecule has 0 spiro atoms. The van der Waals surface area contributed by atoms with Crippen molar-refractivity contribution < 1.29 is 9.18 Å². The molecule has 0 radical (unpaired) electrons. The van der Waals surface area contributed by atoms with Gasteiger partial charge in [-0.3, -0.25) is 4.79 Å². The molecule has 1 aromatic carbocycles. The molecule has 120 valence electrons. The summed E-state index contributed by atoms with van der Waals surface area (Å²) >= 11 is 0. The molecule has 0 saturated heterocycles. The molecule has 2 heterocycles. The molecule has 0 amide bonds. The van der Waals surface area contributed by atoms with E-state index in [9.17, 15) is 9.18 Å². The fourth-order valence-corrected chi connectivity index (χ4v) is 3.78. The van der Waals surface area contributed by atoms with Gasteiger partial charge in [-0.15, -0.1) is 5.10 Å². The molecule has 2 aliphatic rings. The zero-order chi connectivity index (χ0) is 15.8. The molecule has 1 fully saturated rings. The molecule has 0 unspecified atom stereocenters. The first-order chi connectivity index (χ1) is 11.2. The number of aromatic nitrogens is 3. The van der Waals surface area contributed by atoms with Crippen LogP contribution in [0.15, 0.2) is 30.3 Å². The molecule has 4 nitrogen and oxygen atoms in total. The zero-order valence-electron chi connectivity index (χ0n) is 13.0. The minimum atomic E-state index is -1.15. The molecule has 0 N–H and O–H groups in total. The highest BCUT2D eigenvalue weighted by Crippen LogP contribution is 2.39. The summed E-state index contributed by atoms with van der Waals surface area (Å²) in [5.74, 6) is 0.513. The fraction of sp³-hybridized carbons (Fsp3) is 0.500. The number of halogens is 1. The largest absolute Gasteiger partial charge is 0.290 e. The van der Waals surface area contributed by atoms with E-state index in [1.807, 2.05) is 30.3 Å². The van der Waals surface area contributed by atoms with E-state index < -0.39 is 6.17 Å². The van der Waals surface area contributed by atoms with E-state index >= 15 is 0 Å². The Kier molecular flexibility index (Phi) is 3.71. The lowest BCUT2D eigenvalue weighted by Gasteiger charge is -2.18. The lowest BCUT2D eigenvalue weighted by molar-refractivity contribution is 0.0877. The predicted molar refractivity (Wildman–Crippen MR) is 84.0 cm³/mol. The van der Waals surface area contributed by atoms with E-state index in [-0.39, 0.29) is 23.6 Å². The molecular weight excluding hydrogens is 293 g/mol. The van der Waals surface area contributed by atoms with E-state index in [0.717, 1.165) is 31.2 Å². The minimum Gasteiger partial charge on any atom is -0.290 e. The van der Waals surface area contributed by atoms with Gasteiger partial charge in [-0.2, -0.15) is 0 Å². The van der Waals surface area contributed by atoms with Gasteiger partial charge in [0.2, 0.25) is 11.6 Å². The Hall–Kier alpha value is -2.04. The van der Waals surface area contributed by atoms with Crippen molar-refractivity contribution in [1.82, 2.24) is 14.8 Å². The first kappa shape index (κ1) is 14.5. The van der Waals surface area contributed by atoms with Crippen LogP contribution in [0.4, 0.5) is 4.39 Å². The smallest absolute Gasteiger partial charge is 0.217 e. The van der Waals surface area contributed by atoms with E-state index in [1.165, 1.54) is 6.42 Å². The number of benzene rings is 1. The van der Waals surface area contributed by atoms with Gasteiger partial charge in [0, 0.05) is 12.3 Å². The van der Waals surface area contributed by atoms with Crippen LogP contribution in [0.25, 0.3) is 0 Å². The van der Waals surface area contributed by atoms with Gasteiger partial charge in [0.15, 0.2) is 12.0 Å². The third-order valence-corrected chi connectivity index (χ3v) is 5.04. The maximum atomic E-state index is 14.3. The summed E-state index contributed by atoms with van der Waals surface area (Å²) < 4.78 is 16.0. The first-order valence-electron chi connectivity index (χ1n) is 8.43. The Morgan fingerprint density at radius 1 is 1.13 bits per heavy atom. The summed E-state index contributed by atoms with van der Waals surface area (Å²) in [5, 5.41) is 4.39. The van der Waals surface area contributed by atoms with Gasteiger partial charge >= 0.3 is 0 Å². The average molecular weight is 313 g/mol. The molecular formula is C18H20FN3O. The van der Waals surface area contributed by atoms with Crippen LogP contribution >= 0.6 is 0 Å². The Bertz CT molecular complexity index is 706. The molecule has 5 heteroatoms. The number of alkyl halides is 1. The molecule has 1 aliphatic carbocycles. The maximum absolute atomic E-state index is 14.3. The Morgan fingerprint density at radius 3 is 2.61 bits per heavy atom. The third kappa shape index (κ3) is 2.58. The van der Waals surface area contributed by atoms with E-state index in [2.05, 4.69) is 10.1 Å². The van der Waals surface area contributed by atoms with Crippen molar-refractivity contribution in [2.24, 2.45) is 5.92 Å². The molecule has 4 rings (SSSR count). The quantitative estimate of drug-likeness (QED) is 0.803. The normalized spacial score (nSPS) is 24.6. The Balaban J connectivity index is 1.64.